The Morgan fingerprint density at radius 3 is 2.51 bits per heavy atom. The van der Waals surface area contributed by atoms with Crippen molar-refractivity contribution >= 4 is 23.4 Å². The number of benzene rings is 2. The van der Waals surface area contributed by atoms with Crippen LogP contribution in [0.4, 0.5) is 16.6 Å². The number of fused-ring (bicyclic) bond motifs is 2. The number of ether oxygens (including phenoxy) is 1. The summed E-state index contributed by atoms with van der Waals surface area (Å²) in [7, 11) is 0. The molecule has 2 amide bonds. The van der Waals surface area contributed by atoms with Gasteiger partial charge in [-0.25, -0.2) is 9.48 Å². The molecule has 2 aromatic carbocycles. The molecule has 0 saturated carbocycles. The quantitative estimate of drug-likeness (QED) is 0.159. The molecule has 0 bridgehead atoms. The van der Waals surface area contributed by atoms with Crippen molar-refractivity contribution in [2.45, 2.75) is 103 Å². The number of piperidine rings is 1. The molecule has 2 fully saturated rings. The Balaban J connectivity index is 0.979. The van der Waals surface area contributed by atoms with E-state index < -0.39 is 0 Å². The first-order valence-electron chi connectivity index (χ1n) is 19.6. The topological polar surface area (TPSA) is 105 Å². The number of amides is 2. The predicted molar refractivity (Wildman–Crippen MR) is 209 cm³/mol. The molecule has 5 aromatic rings. The minimum Gasteiger partial charge on any atom is -0.484 e. The number of pyridine rings is 1. The Morgan fingerprint density at radius 1 is 0.887 bits per heavy atom. The maximum absolute atomic E-state index is 13.8. The number of anilines is 2. The van der Waals surface area contributed by atoms with E-state index in [0.717, 1.165) is 85.0 Å². The van der Waals surface area contributed by atoms with Crippen molar-refractivity contribution < 1.29 is 9.53 Å². The van der Waals surface area contributed by atoms with E-state index in [4.69, 9.17) is 9.84 Å². The Bertz CT molecular complexity index is 2060. The van der Waals surface area contributed by atoms with Crippen LogP contribution >= 0.6 is 0 Å². The molecule has 3 atom stereocenters. The first-order valence-corrected chi connectivity index (χ1v) is 19.6. The van der Waals surface area contributed by atoms with Gasteiger partial charge >= 0.3 is 6.03 Å². The second kappa shape index (κ2) is 14.9. The molecule has 2 aliphatic heterocycles. The molecule has 1 aliphatic carbocycles. The molecule has 0 radical (unpaired) electrons. The lowest BCUT2D eigenvalue weighted by molar-refractivity contribution is 0.171. The van der Waals surface area contributed by atoms with Gasteiger partial charge in [-0.3, -0.25) is 9.72 Å². The summed E-state index contributed by atoms with van der Waals surface area (Å²) in [5.41, 5.74) is 5.91. The summed E-state index contributed by atoms with van der Waals surface area (Å²) in [6.07, 6.45) is 10.5. The van der Waals surface area contributed by atoms with Gasteiger partial charge in [0.15, 0.2) is 5.65 Å². The van der Waals surface area contributed by atoms with Crippen molar-refractivity contribution in [3.63, 3.8) is 0 Å². The lowest BCUT2D eigenvalue weighted by Gasteiger charge is -2.33. The molecule has 11 nitrogen and oxygen atoms in total. The molecule has 8 rings (SSSR count). The van der Waals surface area contributed by atoms with Crippen molar-refractivity contribution in [3.05, 3.63) is 95.3 Å². The van der Waals surface area contributed by atoms with Crippen molar-refractivity contribution in [2.75, 3.05) is 36.4 Å². The van der Waals surface area contributed by atoms with Gasteiger partial charge in [-0.05, 0) is 112 Å². The number of rotatable bonds is 9. The zero-order valence-corrected chi connectivity index (χ0v) is 31.6. The lowest BCUT2D eigenvalue weighted by atomic mass is 9.85. The summed E-state index contributed by atoms with van der Waals surface area (Å²) in [5, 5.41) is 20.5. The first-order chi connectivity index (χ1) is 25.7. The molecule has 53 heavy (non-hydrogen) atoms. The molecule has 3 aliphatic rings. The molecule has 5 heterocycles. The molecule has 278 valence electrons. The van der Waals surface area contributed by atoms with E-state index in [1.165, 1.54) is 37.9 Å². The SMILES string of the molecule is CC1CCCCN1c1nnc2ccc(O[C@@H]3CC[C@H](NC(=O)Nc4cc(C(C)(C)C)nn4-c4cccc(CCN5CCCC5)c4)c4ccccc43)cn12. The summed E-state index contributed by atoms with van der Waals surface area (Å²) in [6.45, 7) is 13.1. The Morgan fingerprint density at radius 2 is 1.70 bits per heavy atom. The minimum absolute atomic E-state index is 0.146. The molecule has 1 unspecified atom stereocenters. The predicted octanol–water partition coefficient (Wildman–Crippen LogP) is 8.01. The van der Waals surface area contributed by atoms with Crippen molar-refractivity contribution in [2.24, 2.45) is 0 Å². The molecule has 0 spiro atoms. The maximum atomic E-state index is 13.8. The summed E-state index contributed by atoms with van der Waals surface area (Å²) < 4.78 is 10.6. The lowest BCUT2D eigenvalue weighted by Crippen LogP contribution is -2.38. The van der Waals surface area contributed by atoms with Crippen LogP contribution in [0.25, 0.3) is 11.3 Å². The van der Waals surface area contributed by atoms with Gasteiger partial charge in [0.1, 0.15) is 17.7 Å². The molecule has 11 heteroatoms. The van der Waals surface area contributed by atoms with Gasteiger partial charge in [0.2, 0.25) is 5.95 Å². The summed E-state index contributed by atoms with van der Waals surface area (Å²) in [4.78, 5) is 18.7. The van der Waals surface area contributed by atoms with Crippen LogP contribution in [0.5, 0.6) is 5.75 Å². The van der Waals surface area contributed by atoms with Gasteiger partial charge in [0.05, 0.1) is 23.6 Å². The van der Waals surface area contributed by atoms with Crippen LogP contribution in [0, 0.1) is 0 Å². The second-order valence-electron chi connectivity index (χ2n) is 16.1. The van der Waals surface area contributed by atoms with Crippen LogP contribution in [0.3, 0.4) is 0 Å². The Hall–Kier alpha value is -4.90. The fourth-order valence-corrected chi connectivity index (χ4v) is 8.19. The monoisotopic (exact) mass is 715 g/mol. The Labute approximate surface area is 312 Å². The van der Waals surface area contributed by atoms with Crippen molar-refractivity contribution in [3.8, 4) is 11.4 Å². The average molecular weight is 716 g/mol. The van der Waals surface area contributed by atoms with Gasteiger partial charge in [-0.1, -0.05) is 57.2 Å². The molecule has 2 N–H and O–H groups in total. The van der Waals surface area contributed by atoms with Gasteiger partial charge < -0.3 is 19.9 Å². The van der Waals surface area contributed by atoms with E-state index in [1.807, 2.05) is 41.2 Å². The first kappa shape index (κ1) is 35.1. The highest BCUT2D eigenvalue weighted by molar-refractivity contribution is 5.89. The number of nitrogens with zero attached hydrogens (tertiary/aromatic N) is 7. The number of urea groups is 1. The largest absolute Gasteiger partial charge is 0.484 e. The Kier molecular flexibility index (Phi) is 9.85. The number of carbonyl (C=O) groups excluding carboxylic acids is 1. The number of aromatic nitrogens is 5. The van der Waals surface area contributed by atoms with Crippen LogP contribution < -0.4 is 20.3 Å². The highest BCUT2D eigenvalue weighted by Gasteiger charge is 2.31. The summed E-state index contributed by atoms with van der Waals surface area (Å²) in [6, 6.07) is 22.8. The number of nitrogens with one attached hydrogen (secondary N) is 2. The highest BCUT2D eigenvalue weighted by atomic mass is 16.5. The van der Waals surface area contributed by atoms with Crippen molar-refractivity contribution in [1.82, 2.24) is 34.6 Å². The third kappa shape index (κ3) is 7.62. The molecule has 2 saturated heterocycles. The minimum atomic E-state index is -0.256. The van der Waals surface area contributed by atoms with E-state index in [1.54, 1.807) is 0 Å². The smallest absolute Gasteiger partial charge is 0.320 e. The number of likely N-dealkylation sites (tertiary alicyclic amines) is 1. The van der Waals surface area contributed by atoms with E-state index >= 15 is 0 Å². The highest BCUT2D eigenvalue weighted by Crippen LogP contribution is 2.39. The summed E-state index contributed by atoms with van der Waals surface area (Å²) >= 11 is 0. The molecule has 3 aromatic heterocycles. The third-order valence-corrected chi connectivity index (χ3v) is 11.2. The summed E-state index contributed by atoms with van der Waals surface area (Å²) in [5.74, 6) is 2.30. The fraction of sp³-hybridized carbons (Fsp3) is 0.476. The van der Waals surface area contributed by atoms with Gasteiger partial charge in [0.25, 0.3) is 0 Å². The third-order valence-electron chi connectivity index (χ3n) is 11.2. The van der Waals surface area contributed by atoms with Crippen LogP contribution in [0.15, 0.2) is 72.9 Å². The van der Waals surface area contributed by atoms with Gasteiger partial charge in [-0.15, -0.1) is 10.2 Å². The second-order valence-corrected chi connectivity index (χ2v) is 16.1. The van der Waals surface area contributed by atoms with Gasteiger partial charge in [-0.2, -0.15) is 5.10 Å². The van der Waals surface area contributed by atoms with E-state index in [0.29, 0.717) is 11.9 Å². The van der Waals surface area contributed by atoms with Crippen LogP contribution in [-0.2, 0) is 11.8 Å². The zero-order valence-electron chi connectivity index (χ0n) is 31.6. The van der Waals surface area contributed by atoms with Crippen LogP contribution in [0.2, 0.25) is 0 Å². The van der Waals surface area contributed by atoms with E-state index in [9.17, 15) is 4.79 Å². The standard InChI is InChI=1S/C42H53N9O2/c1-29-12-7-8-24-49(29)41-46-45-38-20-17-32(28-50(38)41)53-36-19-18-35(33-15-5-6-16-34(33)36)43-40(52)44-39-27-37(42(2,3)4)47-51(39)31-14-11-13-30(26-31)21-25-48-22-9-10-23-48/h5-6,11,13-17,20,26-29,35-36H,7-10,12,18-19,21-25H2,1-4H3,(H2,43,44,52)/t29?,35-,36+/m0/s1. The van der Waals surface area contributed by atoms with Crippen molar-refractivity contribution in [1.29, 1.82) is 0 Å². The van der Waals surface area contributed by atoms with E-state index in [-0.39, 0.29) is 23.6 Å². The fourth-order valence-electron chi connectivity index (χ4n) is 8.19. The number of carbonyl (C=O) groups is 1. The maximum Gasteiger partial charge on any atom is 0.320 e. The van der Waals surface area contributed by atoms with Crippen LogP contribution in [-0.4, -0.2) is 67.5 Å². The molecular formula is C42H53N9O2. The van der Waals surface area contributed by atoms with Crippen LogP contribution in [0.1, 0.15) is 107 Å². The molecular weight excluding hydrogens is 663 g/mol. The van der Waals surface area contributed by atoms with Gasteiger partial charge in [0, 0.05) is 30.6 Å². The average Bonchev–Trinajstić information content (AvgIpc) is 3.93. The normalized spacial score (nSPS) is 20.8. The zero-order chi connectivity index (χ0) is 36.5. The number of hydrogen-bond acceptors (Lipinski definition) is 7. The van der Waals surface area contributed by atoms with E-state index in [2.05, 4.69) is 99.1 Å². The number of hydrogen-bond donors (Lipinski definition) is 2.